The van der Waals surface area contributed by atoms with E-state index < -0.39 is 0 Å². The largest absolute Gasteiger partial charge is 0.395 e. The van der Waals surface area contributed by atoms with Crippen LogP contribution >= 0.6 is 45.2 Å². The fourth-order valence-electron chi connectivity index (χ4n) is 3.34. The van der Waals surface area contributed by atoms with Crippen molar-refractivity contribution >= 4 is 56.0 Å². The van der Waals surface area contributed by atoms with Crippen LogP contribution < -0.4 is 0 Å². The standard InChI is InChI=1S/C18H12I2O/c19-10-5-6-13-14(7-10)16(9-21)15-8-17(20)11-3-1-2-4-12(11)18(13)15/h1-8,16,21H,9H2. The van der Waals surface area contributed by atoms with Crippen LogP contribution in [0.25, 0.3) is 21.9 Å². The van der Waals surface area contributed by atoms with Crippen LogP contribution in [0.2, 0.25) is 0 Å². The van der Waals surface area contributed by atoms with E-state index in [2.05, 4.69) is 93.7 Å². The molecule has 1 nitrogen and oxygen atoms in total. The highest BCUT2D eigenvalue weighted by molar-refractivity contribution is 14.1. The van der Waals surface area contributed by atoms with Gasteiger partial charge in [-0.2, -0.15) is 0 Å². The molecule has 1 N–H and O–H groups in total. The number of aliphatic hydroxyl groups excluding tert-OH is 1. The van der Waals surface area contributed by atoms with E-state index in [0.717, 1.165) is 0 Å². The zero-order valence-electron chi connectivity index (χ0n) is 11.1. The third-order valence-electron chi connectivity index (χ3n) is 4.24. The summed E-state index contributed by atoms with van der Waals surface area (Å²) < 4.78 is 2.47. The molecule has 1 unspecified atom stereocenters. The highest BCUT2D eigenvalue weighted by atomic mass is 127. The van der Waals surface area contributed by atoms with Crippen LogP contribution in [0.15, 0.2) is 48.5 Å². The maximum atomic E-state index is 9.91. The smallest absolute Gasteiger partial charge is 0.0540 e. The van der Waals surface area contributed by atoms with Crippen LogP contribution in [-0.2, 0) is 0 Å². The van der Waals surface area contributed by atoms with Crippen LogP contribution in [0.5, 0.6) is 0 Å². The molecule has 0 bridgehead atoms. The van der Waals surface area contributed by atoms with E-state index in [1.54, 1.807) is 0 Å². The summed E-state index contributed by atoms with van der Waals surface area (Å²) in [5.41, 5.74) is 5.10. The fraction of sp³-hybridized carbons (Fsp3) is 0.111. The number of benzene rings is 3. The topological polar surface area (TPSA) is 20.2 Å². The molecule has 1 aliphatic rings. The Morgan fingerprint density at radius 3 is 2.43 bits per heavy atom. The summed E-state index contributed by atoms with van der Waals surface area (Å²) in [4.78, 5) is 0. The van der Waals surface area contributed by atoms with Gasteiger partial charge in [0.05, 0.1) is 6.61 Å². The highest BCUT2D eigenvalue weighted by Crippen LogP contribution is 2.49. The molecular formula is C18H12I2O. The van der Waals surface area contributed by atoms with Crippen molar-refractivity contribution in [3.63, 3.8) is 0 Å². The molecule has 0 saturated carbocycles. The lowest BCUT2D eigenvalue weighted by Gasteiger charge is -2.12. The minimum absolute atomic E-state index is 0.0999. The summed E-state index contributed by atoms with van der Waals surface area (Å²) in [7, 11) is 0. The van der Waals surface area contributed by atoms with Crippen LogP contribution in [-0.4, -0.2) is 11.7 Å². The van der Waals surface area contributed by atoms with Gasteiger partial charge in [0, 0.05) is 13.1 Å². The lowest BCUT2D eigenvalue weighted by atomic mass is 9.95. The second kappa shape index (κ2) is 5.21. The number of halogens is 2. The summed E-state index contributed by atoms with van der Waals surface area (Å²) in [6.45, 7) is 0.161. The Bertz CT molecular complexity index is 870. The molecule has 0 saturated heterocycles. The second-order valence-corrected chi connectivity index (χ2v) is 7.74. The molecule has 0 spiro atoms. The molecule has 104 valence electrons. The maximum absolute atomic E-state index is 9.91. The van der Waals surface area contributed by atoms with Gasteiger partial charge in [0.1, 0.15) is 0 Å². The molecule has 1 aliphatic carbocycles. The average Bonchev–Trinajstić information content (AvgIpc) is 2.80. The van der Waals surface area contributed by atoms with E-state index in [1.807, 2.05) is 0 Å². The third kappa shape index (κ3) is 2.04. The molecule has 0 radical (unpaired) electrons. The Morgan fingerprint density at radius 2 is 1.67 bits per heavy atom. The number of rotatable bonds is 1. The molecule has 3 aromatic carbocycles. The summed E-state index contributed by atoms with van der Waals surface area (Å²) in [5.74, 6) is 0.0999. The molecule has 1 atom stereocenters. The predicted octanol–water partition coefficient (Wildman–Crippen LogP) is 5.15. The van der Waals surface area contributed by atoms with Crippen molar-refractivity contribution in [3.05, 3.63) is 66.8 Å². The molecule has 0 aromatic heterocycles. The fourth-order valence-corrected chi connectivity index (χ4v) is 4.66. The van der Waals surface area contributed by atoms with Crippen LogP contribution in [0.3, 0.4) is 0 Å². The van der Waals surface area contributed by atoms with E-state index in [1.165, 1.54) is 40.2 Å². The number of fused-ring (bicyclic) bond motifs is 5. The van der Waals surface area contributed by atoms with Gasteiger partial charge < -0.3 is 5.11 Å². The maximum Gasteiger partial charge on any atom is 0.0540 e. The first-order valence-electron chi connectivity index (χ1n) is 6.82. The van der Waals surface area contributed by atoms with Gasteiger partial charge in [0.2, 0.25) is 0 Å². The Kier molecular flexibility index (Phi) is 3.46. The third-order valence-corrected chi connectivity index (χ3v) is 5.80. The van der Waals surface area contributed by atoms with Crippen LogP contribution in [0, 0.1) is 7.14 Å². The Balaban J connectivity index is 2.16. The molecule has 0 amide bonds. The summed E-state index contributed by atoms with van der Waals surface area (Å²) in [6, 6.07) is 17.3. The lowest BCUT2D eigenvalue weighted by molar-refractivity contribution is 0.282. The first kappa shape index (κ1) is 14.0. The van der Waals surface area contributed by atoms with E-state index in [-0.39, 0.29) is 12.5 Å². The van der Waals surface area contributed by atoms with Gasteiger partial charge in [-0.25, -0.2) is 0 Å². The minimum atomic E-state index is 0.0999. The highest BCUT2D eigenvalue weighted by Gasteiger charge is 2.30. The first-order chi connectivity index (χ1) is 10.2. The van der Waals surface area contributed by atoms with E-state index in [4.69, 9.17) is 0 Å². The van der Waals surface area contributed by atoms with E-state index >= 15 is 0 Å². The first-order valence-corrected chi connectivity index (χ1v) is 8.98. The van der Waals surface area contributed by atoms with Gasteiger partial charge in [-0.1, -0.05) is 30.3 Å². The van der Waals surface area contributed by atoms with Crippen molar-refractivity contribution in [2.45, 2.75) is 5.92 Å². The quantitative estimate of drug-likeness (QED) is 0.461. The summed E-state index contributed by atoms with van der Waals surface area (Å²) >= 11 is 4.74. The van der Waals surface area contributed by atoms with Crippen molar-refractivity contribution < 1.29 is 5.11 Å². The van der Waals surface area contributed by atoms with Crippen molar-refractivity contribution in [1.82, 2.24) is 0 Å². The molecule has 21 heavy (non-hydrogen) atoms. The molecule has 4 rings (SSSR count). The summed E-state index contributed by atoms with van der Waals surface area (Å²) in [5, 5.41) is 12.5. The van der Waals surface area contributed by atoms with Gasteiger partial charge in [-0.05, 0) is 96.4 Å². The molecule has 0 heterocycles. The zero-order chi connectivity index (χ0) is 14.6. The normalized spacial score (nSPS) is 16.0. The van der Waals surface area contributed by atoms with Gasteiger partial charge in [-0.15, -0.1) is 0 Å². The van der Waals surface area contributed by atoms with Crippen molar-refractivity contribution in [2.24, 2.45) is 0 Å². The van der Waals surface area contributed by atoms with Crippen LogP contribution in [0.1, 0.15) is 17.0 Å². The van der Waals surface area contributed by atoms with E-state index in [0.29, 0.717) is 0 Å². The van der Waals surface area contributed by atoms with Crippen molar-refractivity contribution in [1.29, 1.82) is 0 Å². The van der Waals surface area contributed by atoms with Crippen molar-refractivity contribution in [3.8, 4) is 11.1 Å². The second-order valence-electron chi connectivity index (χ2n) is 5.33. The van der Waals surface area contributed by atoms with Gasteiger partial charge in [0.15, 0.2) is 0 Å². The number of aliphatic hydroxyl groups is 1. The summed E-state index contributed by atoms with van der Waals surface area (Å²) in [6.07, 6.45) is 0. The Labute approximate surface area is 150 Å². The predicted molar refractivity (Wildman–Crippen MR) is 104 cm³/mol. The van der Waals surface area contributed by atoms with Gasteiger partial charge in [-0.3, -0.25) is 0 Å². The average molecular weight is 498 g/mol. The SMILES string of the molecule is OCC1c2cc(I)ccc2-c2c1cc(I)c1ccccc21. The monoisotopic (exact) mass is 498 g/mol. The van der Waals surface area contributed by atoms with Crippen molar-refractivity contribution in [2.75, 3.05) is 6.61 Å². The molecular weight excluding hydrogens is 486 g/mol. The number of hydrogen-bond donors (Lipinski definition) is 1. The molecule has 3 aromatic rings. The van der Waals surface area contributed by atoms with E-state index in [9.17, 15) is 5.11 Å². The lowest BCUT2D eigenvalue weighted by Crippen LogP contribution is -2.02. The Morgan fingerprint density at radius 1 is 0.905 bits per heavy atom. The molecule has 3 heteroatoms. The van der Waals surface area contributed by atoms with Crippen LogP contribution in [0.4, 0.5) is 0 Å². The molecule has 0 aliphatic heterocycles. The van der Waals surface area contributed by atoms with Gasteiger partial charge in [0.25, 0.3) is 0 Å². The minimum Gasteiger partial charge on any atom is -0.395 e. The molecule has 0 fully saturated rings. The Hall–Kier alpha value is -0.660. The number of hydrogen-bond acceptors (Lipinski definition) is 1. The zero-order valence-corrected chi connectivity index (χ0v) is 15.4. The van der Waals surface area contributed by atoms with Gasteiger partial charge >= 0.3 is 0 Å².